The number of aryl methyl sites for hydroxylation is 2. The largest absolute Gasteiger partial charge is 0.377 e. The zero-order valence-corrected chi connectivity index (χ0v) is 12.2. The van der Waals surface area contributed by atoms with E-state index in [0.29, 0.717) is 6.54 Å². The molecule has 0 amide bonds. The molecule has 0 fully saturated rings. The second-order valence-electron chi connectivity index (χ2n) is 5.00. The second kappa shape index (κ2) is 6.87. The van der Waals surface area contributed by atoms with Gasteiger partial charge in [0.15, 0.2) is 0 Å². The molecule has 1 aromatic heterocycles. The van der Waals surface area contributed by atoms with Gasteiger partial charge in [-0.3, -0.25) is 9.58 Å². The summed E-state index contributed by atoms with van der Waals surface area (Å²) in [6, 6.07) is 0.203. The van der Waals surface area contributed by atoms with E-state index in [0.717, 1.165) is 18.8 Å². The summed E-state index contributed by atoms with van der Waals surface area (Å²) in [6.07, 6.45) is 2.32. The van der Waals surface area contributed by atoms with Crippen LogP contribution in [0.4, 0.5) is 0 Å². The molecule has 2 N–H and O–H groups in total. The Morgan fingerprint density at radius 1 is 1.50 bits per heavy atom. The van der Waals surface area contributed by atoms with Crippen LogP contribution in [-0.2, 0) is 11.8 Å². The fourth-order valence-electron chi connectivity index (χ4n) is 2.08. The first-order chi connectivity index (χ1) is 8.45. The lowest BCUT2D eigenvalue weighted by Crippen LogP contribution is -2.33. The van der Waals surface area contributed by atoms with Gasteiger partial charge in [-0.25, -0.2) is 0 Å². The Morgan fingerprint density at radius 3 is 2.61 bits per heavy atom. The molecule has 0 bridgehead atoms. The van der Waals surface area contributed by atoms with Crippen molar-refractivity contribution >= 4 is 0 Å². The molecule has 1 unspecified atom stereocenters. The minimum atomic E-state index is 0.203. The first kappa shape index (κ1) is 15.1. The van der Waals surface area contributed by atoms with E-state index in [-0.39, 0.29) is 12.1 Å². The number of likely N-dealkylation sites (N-methyl/N-ethyl adjacent to an activating group) is 1. The van der Waals surface area contributed by atoms with Crippen molar-refractivity contribution in [2.75, 3.05) is 26.7 Å². The summed E-state index contributed by atoms with van der Waals surface area (Å²) < 4.78 is 7.41. The van der Waals surface area contributed by atoms with Crippen molar-refractivity contribution in [2.24, 2.45) is 12.8 Å². The Bertz CT molecular complexity index is 362. The van der Waals surface area contributed by atoms with Crippen LogP contribution in [0, 0.1) is 6.92 Å². The summed E-state index contributed by atoms with van der Waals surface area (Å²) in [4.78, 5) is 2.23. The third kappa shape index (κ3) is 4.08. The van der Waals surface area contributed by atoms with E-state index in [1.807, 2.05) is 38.7 Å². The molecule has 0 saturated carbocycles. The summed E-state index contributed by atoms with van der Waals surface area (Å²) in [7, 11) is 4.01. The molecule has 5 heteroatoms. The molecular weight excluding hydrogens is 228 g/mol. The number of nitrogens with two attached hydrogens (primary N) is 1. The molecule has 1 atom stereocenters. The van der Waals surface area contributed by atoms with Crippen LogP contribution >= 0.6 is 0 Å². The van der Waals surface area contributed by atoms with Crippen molar-refractivity contribution in [3.8, 4) is 0 Å². The van der Waals surface area contributed by atoms with Crippen LogP contribution in [-0.4, -0.2) is 47.5 Å². The summed E-state index contributed by atoms with van der Waals surface area (Å²) in [5.41, 5.74) is 8.14. The minimum Gasteiger partial charge on any atom is -0.377 e. The van der Waals surface area contributed by atoms with Crippen molar-refractivity contribution in [3.63, 3.8) is 0 Å². The lowest BCUT2D eigenvalue weighted by atomic mass is 10.1. The molecule has 0 saturated heterocycles. The highest BCUT2D eigenvalue weighted by Gasteiger charge is 2.19. The Labute approximate surface area is 110 Å². The van der Waals surface area contributed by atoms with Crippen LogP contribution in [0.25, 0.3) is 0 Å². The normalized spacial score (nSPS) is 13.6. The molecule has 0 aliphatic heterocycles. The minimum absolute atomic E-state index is 0.203. The summed E-state index contributed by atoms with van der Waals surface area (Å²) in [5, 5.41) is 4.37. The average molecular weight is 254 g/mol. The molecule has 0 radical (unpaired) electrons. The van der Waals surface area contributed by atoms with Gasteiger partial charge >= 0.3 is 0 Å². The monoisotopic (exact) mass is 254 g/mol. The molecule has 1 rings (SSSR count). The molecule has 104 valence electrons. The van der Waals surface area contributed by atoms with Crippen LogP contribution < -0.4 is 5.73 Å². The third-order valence-corrected chi connectivity index (χ3v) is 3.06. The number of rotatable bonds is 7. The van der Waals surface area contributed by atoms with Gasteiger partial charge in [0, 0.05) is 31.9 Å². The Morgan fingerprint density at radius 2 is 2.17 bits per heavy atom. The molecule has 1 heterocycles. The molecule has 1 aromatic rings. The fourth-order valence-corrected chi connectivity index (χ4v) is 2.08. The molecule has 0 aliphatic carbocycles. The zero-order valence-electron chi connectivity index (χ0n) is 12.2. The maximum absolute atomic E-state index is 5.90. The van der Waals surface area contributed by atoms with Crippen molar-refractivity contribution in [2.45, 2.75) is 32.9 Å². The van der Waals surface area contributed by atoms with Crippen molar-refractivity contribution in [3.05, 3.63) is 17.5 Å². The van der Waals surface area contributed by atoms with Gasteiger partial charge in [0.2, 0.25) is 0 Å². The summed E-state index contributed by atoms with van der Waals surface area (Å²) in [5.74, 6) is 0. The summed E-state index contributed by atoms with van der Waals surface area (Å²) in [6.45, 7) is 8.30. The van der Waals surface area contributed by atoms with Crippen LogP contribution in [0.3, 0.4) is 0 Å². The van der Waals surface area contributed by atoms with Crippen LogP contribution in [0.2, 0.25) is 0 Å². The Hall–Kier alpha value is -0.910. The highest BCUT2D eigenvalue weighted by molar-refractivity contribution is 5.20. The van der Waals surface area contributed by atoms with Crippen LogP contribution in [0.1, 0.15) is 31.1 Å². The van der Waals surface area contributed by atoms with Crippen LogP contribution in [0.15, 0.2) is 6.20 Å². The first-order valence-corrected chi connectivity index (χ1v) is 6.47. The lowest BCUT2D eigenvalue weighted by molar-refractivity contribution is 0.0563. The van der Waals surface area contributed by atoms with Crippen molar-refractivity contribution < 1.29 is 4.74 Å². The molecule has 0 aromatic carbocycles. The predicted octanol–water partition coefficient (Wildman–Crippen LogP) is 1.09. The second-order valence-corrected chi connectivity index (χ2v) is 5.00. The number of hydrogen-bond donors (Lipinski definition) is 1. The number of nitrogens with zero attached hydrogens (tertiary/aromatic N) is 3. The third-order valence-electron chi connectivity index (χ3n) is 3.06. The van der Waals surface area contributed by atoms with Crippen LogP contribution in [0.5, 0.6) is 0 Å². The number of hydrogen-bond acceptors (Lipinski definition) is 4. The summed E-state index contributed by atoms with van der Waals surface area (Å²) >= 11 is 0. The number of aromatic nitrogens is 2. The van der Waals surface area contributed by atoms with Gasteiger partial charge in [-0.15, -0.1) is 0 Å². The van der Waals surface area contributed by atoms with E-state index in [1.54, 1.807) is 0 Å². The molecular formula is C13H26N4O. The van der Waals surface area contributed by atoms with E-state index in [4.69, 9.17) is 10.5 Å². The molecule has 0 aliphatic rings. The van der Waals surface area contributed by atoms with Gasteiger partial charge in [0.1, 0.15) is 0 Å². The Balaban J connectivity index is 2.62. The highest BCUT2D eigenvalue weighted by Crippen LogP contribution is 2.20. The number of ether oxygens (including phenoxy) is 1. The lowest BCUT2D eigenvalue weighted by Gasteiger charge is -2.27. The SMILES string of the molecule is Cc1nn(C)cc1C(CN)N(C)CCOC(C)C. The maximum Gasteiger partial charge on any atom is 0.0641 e. The topological polar surface area (TPSA) is 56.3 Å². The zero-order chi connectivity index (χ0) is 13.7. The van der Waals surface area contributed by atoms with Crippen molar-refractivity contribution in [1.29, 1.82) is 0 Å². The van der Waals surface area contributed by atoms with Gasteiger partial charge in [0.05, 0.1) is 24.4 Å². The van der Waals surface area contributed by atoms with E-state index >= 15 is 0 Å². The highest BCUT2D eigenvalue weighted by atomic mass is 16.5. The quantitative estimate of drug-likeness (QED) is 0.791. The predicted molar refractivity (Wildman–Crippen MR) is 73.5 cm³/mol. The van der Waals surface area contributed by atoms with E-state index < -0.39 is 0 Å². The first-order valence-electron chi connectivity index (χ1n) is 6.47. The molecule has 18 heavy (non-hydrogen) atoms. The Kier molecular flexibility index (Phi) is 5.78. The molecule has 5 nitrogen and oxygen atoms in total. The average Bonchev–Trinajstić information content (AvgIpc) is 2.58. The van der Waals surface area contributed by atoms with Gasteiger partial charge in [-0.05, 0) is 27.8 Å². The smallest absolute Gasteiger partial charge is 0.0641 e. The van der Waals surface area contributed by atoms with Gasteiger partial charge < -0.3 is 10.5 Å². The maximum atomic E-state index is 5.90. The van der Waals surface area contributed by atoms with Gasteiger partial charge in [0.25, 0.3) is 0 Å². The molecule has 0 spiro atoms. The van der Waals surface area contributed by atoms with Gasteiger partial charge in [-0.1, -0.05) is 0 Å². The van der Waals surface area contributed by atoms with E-state index in [9.17, 15) is 0 Å². The fraction of sp³-hybridized carbons (Fsp3) is 0.769. The van der Waals surface area contributed by atoms with Gasteiger partial charge in [-0.2, -0.15) is 5.10 Å². The van der Waals surface area contributed by atoms with E-state index in [1.165, 1.54) is 5.56 Å². The van der Waals surface area contributed by atoms with E-state index in [2.05, 4.69) is 17.0 Å². The van der Waals surface area contributed by atoms with Crippen molar-refractivity contribution in [1.82, 2.24) is 14.7 Å². The standard InChI is InChI=1S/C13H26N4O/c1-10(2)18-7-6-16(4)13(8-14)12-9-17(5)15-11(12)3/h9-10,13H,6-8,14H2,1-5H3.